The van der Waals surface area contributed by atoms with E-state index in [0.29, 0.717) is 12.0 Å². The molecule has 0 spiro atoms. The molecule has 1 aliphatic heterocycles. The average molecular weight is 289 g/mol. The van der Waals surface area contributed by atoms with Crippen LogP contribution in [0.4, 0.5) is 0 Å². The molecule has 0 aromatic heterocycles. The Morgan fingerprint density at radius 2 is 1.90 bits per heavy atom. The number of nitrogens with zero attached hydrogens (tertiary/aromatic N) is 2. The fraction of sp³-hybridized carbons (Fsp3) is 0.588. The lowest BCUT2D eigenvalue weighted by atomic mass is 9.65. The lowest BCUT2D eigenvalue weighted by Crippen LogP contribution is -2.72. The number of hydrogen-bond acceptors (Lipinski definition) is 2. The fourth-order valence-electron chi connectivity index (χ4n) is 2.54. The number of aliphatic imine (C=N–C) groups is 1. The largest absolute Gasteiger partial charge is 0.492 e. The highest BCUT2D eigenvalue weighted by atomic mass is 16.5. The lowest BCUT2D eigenvalue weighted by Gasteiger charge is -2.62. The molecule has 0 bridgehead atoms. The third-order valence-corrected chi connectivity index (χ3v) is 4.75. The number of benzene rings is 1. The van der Waals surface area contributed by atoms with E-state index in [2.05, 4.69) is 42.9 Å². The van der Waals surface area contributed by atoms with Crippen molar-refractivity contribution in [2.45, 2.75) is 33.2 Å². The number of guanidine groups is 1. The summed E-state index contributed by atoms with van der Waals surface area (Å²) in [5.41, 5.74) is 0.431. The molecule has 0 saturated carbocycles. The molecule has 2 rings (SSSR count). The Kier molecular flexibility index (Phi) is 4.45. The van der Waals surface area contributed by atoms with Crippen LogP contribution in [0.1, 0.15) is 27.7 Å². The average Bonchev–Trinajstić information content (AvgIpc) is 2.47. The Balaban J connectivity index is 1.80. The van der Waals surface area contributed by atoms with Crippen LogP contribution < -0.4 is 10.1 Å². The molecule has 0 radical (unpaired) electrons. The molecule has 4 nitrogen and oxygen atoms in total. The topological polar surface area (TPSA) is 36.9 Å². The molecule has 0 atom stereocenters. The predicted molar refractivity (Wildman–Crippen MR) is 87.9 cm³/mol. The van der Waals surface area contributed by atoms with Gasteiger partial charge < -0.3 is 15.0 Å². The third-order valence-electron chi connectivity index (χ3n) is 4.75. The van der Waals surface area contributed by atoms with Gasteiger partial charge in [0.05, 0.1) is 6.54 Å². The summed E-state index contributed by atoms with van der Waals surface area (Å²) in [6, 6.07) is 9.88. The molecule has 4 heteroatoms. The first-order valence-corrected chi connectivity index (χ1v) is 7.54. The van der Waals surface area contributed by atoms with Crippen LogP contribution in [0.25, 0.3) is 0 Å². The smallest absolute Gasteiger partial charge is 0.194 e. The van der Waals surface area contributed by atoms with Gasteiger partial charge in [-0.05, 0) is 26.0 Å². The summed E-state index contributed by atoms with van der Waals surface area (Å²) in [6.07, 6.45) is 0. The van der Waals surface area contributed by atoms with Crippen molar-refractivity contribution in [3.63, 3.8) is 0 Å². The van der Waals surface area contributed by atoms with Crippen LogP contribution >= 0.6 is 0 Å². The molecule has 0 aliphatic carbocycles. The molecule has 1 saturated heterocycles. The molecular weight excluding hydrogens is 262 g/mol. The van der Waals surface area contributed by atoms with E-state index in [1.807, 2.05) is 37.4 Å². The van der Waals surface area contributed by atoms with Crippen molar-refractivity contribution in [3.05, 3.63) is 30.3 Å². The van der Waals surface area contributed by atoms with Crippen molar-refractivity contribution in [2.24, 2.45) is 10.4 Å². The number of para-hydroxylation sites is 1. The van der Waals surface area contributed by atoms with E-state index in [1.165, 1.54) is 0 Å². The molecular formula is C17H27N3O. The Bertz CT molecular complexity index is 494. The van der Waals surface area contributed by atoms with Crippen molar-refractivity contribution in [1.29, 1.82) is 0 Å². The molecule has 1 aromatic carbocycles. The van der Waals surface area contributed by atoms with Crippen LogP contribution in [0.3, 0.4) is 0 Å². The maximum atomic E-state index is 5.69. The van der Waals surface area contributed by atoms with Crippen LogP contribution in [0.15, 0.2) is 35.3 Å². The highest BCUT2D eigenvalue weighted by molar-refractivity contribution is 5.82. The van der Waals surface area contributed by atoms with Crippen molar-refractivity contribution in [2.75, 3.05) is 26.7 Å². The summed E-state index contributed by atoms with van der Waals surface area (Å²) in [5, 5.41) is 3.39. The number of ether oxygens (including phenoxy) is 1. The maximum absolute atomic E-state index is 5.69. The minimum absolute atomic E-state index is 0.120. The standard InChI is InChI=1S/C17H27N3O/c1-16(2)13-20(17(16,3)4)15(18-5)19-11-12-21-14-9-7-6-8-10-14/h6-10H,11-13H2,1-5H3,(H,18,19). The number of likely N-dealkylation sites (tertiary alicyclic amines) is 1. The zero-order valence-electron chi connectivity index (χ0n) is 13.8. The third kappa shape index (κ3) is 3.14. The van der Waals surface area contributed by atoms with E-state index in [0.717, 1.165) is 24.8 Å². The van der Waals surface area contributed by atoms with Gasteiger partial charge in [-0.1, -0.05) is 32.0 Å². The lowest BCUT2D eigenvalue weighted by molar-refractivity contribution is -0.0667. The Morgan fingerprint density at radius 1 is 1.24 bits per heavy atom. The Labute approximate surface area is 128 Å². The molecule has 0 unspecified atom stereocenters. The minimum atomic E-state index is 0.120. The van der Waals surface area contributed by atoms with Crippen LogP contribution in [0.5, 0.6) is 5.75 Å². The monoisotopic (exact) mass is 289 g/mol. The number of nitrogens with one attached hydrogen (secondary N) is 1. The van der Waals surface area contributed by atoms with Gasteiger partial charge >= 0.3 is 0 Å². The second-order valence-corrected chi connectivity index (χ2v) is 6.66. The molecule has 1 heterocycles. The van der Waals surface area contributed by atoms with Gasteiger partial charge in [0.1, 0.15) is 12.4 Å². The van der Waals surface area contributed by atoms with Crippen molar-refractivity contribution < 1.29 is 4.74 Å². The summed E-state index contributed by atoms with van der Waals surface area (Å²) >= 11 is 0. The summed E-state index contributed by atoms with van der Waals surface area (Å²) in [4.78, 5) is 6.72. The molecule has 1 N–H and O–H groups in total. The van der Waals surface area contributed by atoms with E-state index >= 15 is 0 Å². The number of rotatable bonds is 4. The first kappa shape index (κ1) is 15.7. The van der Waals surface area contributed by atoms with Gasteiger partial charge in [0.15, 0.2) is 5.96 Å². The van der Waals surface area contributed by atoms with E-state index in [9.17, 15) is 0 Å². The quantitative estimate of drug-likeness (QED) is 0.526. The SMILES string of the molecule is CN=C(NCCOc1ccccc1)N1CC(C)(C)C1(C)C. The first-order valence-electron chi connectivity index (χ1n) is 7.54. The first-order chi connectivity index (χ1) is 9.88. The van der Waals surface area contributed by atoms with Crippen molar-refractivity contribution in [3.8, 4) is 5.75 Å². The van der Waals surface area contributed by atoms with Gasteiger partial charge in [-0.15, -0.1) is 0 Å². The van der Waals surface area contributed by atoms with Crippen LogP contribution in [0.2, 0.25) is 0 Å². The summed E-state index contributed by atoms with van der Waals surface area (Å²) in [7, 11) is 1.84. The van der Waals surface area contributed by atoms with E-state index < -0.39 is 0 Å². The van der Waals surface area contributed by atoms with Crippen LogP contribution in [0, 0.1) is 5.41 Å². The van der Waals surface area contributed by atoms with Crippen molar-refractivity contribution >= 4 is 5.96 Å². The molecule has 1 aliphatic rings. The molecule has 1 fully saturated rings. The second kappa shape index (κ2) is 5.96. The number of hydrogen-bond donors (Lipinski definition) is 1. The highest BCUT2D eigenvalue weighted by Crippen LogP contribution is 2.46. The Hall–Kier alpha value is -1.71. The molecule has 21 heavy (non-hydrogen) atoms. The van der Waals surface area contributed by atoms with Gasteiger partial charge in [0, 0.05) is 24.5 Å². The molecule has 1 aromatic rings. The molecule has 0 amide bonds. The van der Waals surface area contributed by atoms with Crippen molar-refractivity contribution in [1.82, 2.24) is 10.2 Å². The van der Waals surface area contributed by atoms with Gasteiger partial charge in [-0.2, -0.15) is 0 Å². The maximum Gasteiger partial charge on any atom is 0.194 e. The molecule has 116 valence electrons. The summed E-state index contributed by atoms with van der Waals surface area (Å²) in [5.74, 6) is 1.86. The van der Waals surface area contributed by atoms with Gasteiger partial charge in [-0.25, -0.2) is 0 Å². The summed E-state index contributed by atoms with van der Waals surface area (Å²) in [6.45, 7) is 11.5. The van der Waals surface area contributed by atoms with E-state index in [4.69, 9.17) is 4.74 Å². The van der Waals surface area contributed by atoms with Crippen LogP contribution in [-0.2, 0) is 0 Å². The van der Waals surface area contributed by atoms with Gasteiger partial charge in [-0.3, -0.25) is 4.99 Å². The Morgan fingerprint density at radius 3 is 2.43 bits per heavy atom. The summed E-state index contributed by atoms with van der Waals surface area (Å²) < 4.78 is 5.69. The normalized spacial score (nSPS) is 19.9. The zero-order chi connectivity index (χ0) is 15.5. The van der Waals surface area contributed by atoms with Gasteiger partial charge in [0.25, 0.3) is 0 Å². The van der Waals surface area contributed by atoms with E-state index in [-0.39, 0.29) is 5.54 Å². The highest BCUT2D eigenvalue weighted by Gasteiger charge is 2.53. The van der Waals surface area contributed by atoms with Gasteiger partial charge in [0.2, 0.25) is 0 Å². The fourth-order valence-corrected chi connectivity index (χ4v) is 2.54. The van der Waals surface area contributed by atoms with E-state index in [1.54, 1.807) is 0 Å². The second-order valence-electron chi connectivity index (χ2n) is 6.66. The zero-order valence-corrected chi connectivity index (χ0v) is 13.8. The van der Waals surface area contributed by atoms with Crippen LogP contribution in [-0.4, -0.2) is 43.1 Å². The minimum Gasteiger partial charge on any atom is -0.492 e. The predicted octanol–water partition coefficient (Wildman–Crippen LogP) is 2.76.